The molecule has 30 heavy (non-hydrogen) atoms. The summed E-state index contributed by atoms with van der Waals surface area (Å²) in [6.07, 6.45) is 2.65. The van der Waals surface area contributed by atoms with Crippen molar-refractivity contribution in [2.24, 2.45) is 0 Å². The summed E-state index contributed by atoms with van der Waals surface area (Å²) < 4.78 is 12.6. The molecule has 5 rings (SSSR count). The van der Waals surface area contributed by atoms with E-state index in [2.05, 4.69) is 9.97 Å². The quantitative estimate of drug-likeness (QED) is 0.462. The van der Waals surface area contributed by atoms with Crippen LogP contribution in [0.3, 0.4) is 0 Å². The molecule has 0 spiro atoms. The van der Waals surface area contributed by atoms with E-state index >= 15 is 0 Å². The highest BCUT2D eigenvalue weighted by Gasteiger charge is 2.33. The Morgan fingerprint density at radius 2 is 2.00 bits per heavy atom. The van der Waals surface area contributed by atoms with Crippen LogP contribution in [0.2, 0.25) is 5.02 Å². The fourth-order valence-electron chi connectivity index (χ4n) is 3.25. The number of anilines is 1. The molecule has 2 aromatic carbocycles. The fraction of sp³-hybridized carbons (Fsp3) is 0.136. The van der Waals surface area contributed by atoms with Crippen LogP contribution in [0.4, 0.5) is 5.13 Å². The summed E-state index contributed by atoms with van der Waals surface area (Å²) in [4.78, 5) is 23.9. The summed E-state index contributed by atoms with van der Waals surface area (Å²) >= 11 is 7.72. The molecule has 0 unspecified atom stereocenters. The molecule has 0 saturated heterocycles. The molecular formula is C22H16ClN3O3S. The van der Waals surface area contributed by atoms with Gasteiger partial charge in [0.25, 0.3) is 5.91 Å². The lowest BCUT2D eigenvalue weighted by molar-refractivity contribution is -0.127. The van der Waals surface area contributed by atoms with Crippen molar-refractivity contribution in [1.29, 1.82) is 0 Å². The van der Waals surface area contributed by atoms with E-state index in [9.17, 15) is 4.79 Å². The molecular weight excluding hydrogens is 422 g/mol. The second-order valence-corrected chi connectivity index (χ2v) is 8.15. The first-order valence-electron chi connectivity index (χ1n) is 9.33. The topological polar surface area (TPSA) is 64.6 Å². The van der Waals surface area contributed by atoms with Crippen LogP contribution in [0.25, 0.3) is 10.2 Å². The molecule has 0 fully saturated rings. The second kappa shape index (κ2) is 7.93. The highest BCUT2D eigenvalue weighted by Crippen LogP contribution is 2.35. The number of carbonyl (C=O) groups is 1. The number of pyridine rings is 1. The molecule has 0 radical (unpaired) electrons. The van der Waals surface area contributed by atoms with Crippen LogP contribution >= 0.6 is 22.9 Å². The van der Waals surface area contributed by atoms with Crippen LogP contribution in [-0.2, 0) is 11.3 Å². The monoisotopic (exact) mass is 437 g/mol. The molecule has 1 aliphatic heterocycles. The van der Waals surface area contributed by atoms with E-state index in [1.165, 1.54) is 11.3 Å². The maximum atomic E-state index is 13.5. The van der Waals surface area contributed by atoms with Gasteiger partial charge in [0.15, 0.2) is 16.6 Å². The van der Waals surface area contributed by atoms with Crippen molar-refractivity contribution in [2.75, 3.05) is 11.5 Å². The summed E-state index contributed by atoms with van der Waals surface area (Å²) in [7, 11) is 0. The molecule has 2 aromatic heterocycles. The van der Waals surface area contributed by atoms with Crippen LogP contribution in [-0.4, -0.2) is 28.6 Å². The van der Waals surface area contributed by atoms with Gasteiger partial charge in [-0.2, -0.15) is 0 Å². The van der Waals surface area contributed by atoms with Crippen molar-refractivity contribution in [3.8, 4) is 11.5 Å². The lowest BCUT2D eigenvalue weighted by Gasteiger charge is -2.29. The number of carbonyl (C=O) groups excluding carboxylic acids is 1. The number of benzene rings is 2. The van der Waals surface area contributed by atoms with Crippen LogP contribution in [0.5, 0.6) is 11.5 Å². The van der Waals surface area contributed by atoms with E-state index < -0.39 is 6.10 Å². The highest BCUT2D eigenvalue weighted by atomic mass is 35.5. The predicted molar refractivity (Wildman–Crippen MR) is 116 cm³/mol. The molecule has 0 bridgehead atoms. The maximum Gasteiger partial charge on any atom is 0.273 e. The van der Waals surface area contributed by atoms with Gasteiger partial charge in [-0.05, 0) is 35.9 Å². The normalized spacial score (nSPS) is 15.2. The van der Waals surface area contributed by atoms with E-state index in [1.807, 2.05) is 42.5 Å². The van der Waals surface area contributed by atoms with Gasteiger partial charge < -0.3 is 9.47 Å². The van der Waals surface area contributed by atoms with E-state index in [0.717, 1.165) is 10.3 Å². The standard InChI is InChI=1S/C22H16ClN3O3S/c23-15-6-3-9-19-20(15)25-22(30-19)26(12-14-5-4-10-24-11-14)21(27)18-13-28-16-7-1-2-8-17(16)29-18/h1-11,18H,12-13H2/t18-/m0/s1. The number of para-hydroxylation sites is 3. The van der Waals surface area contributed by atoms with Gasteiger partial charge >= 0.3 is 0 Å². The molecule has 150 valence electrons. The molecule has 8 heteroatoms. The molecule has 1 amide bonds. The Bertz CT molecular complexity index is 1210. The molecule has 3 heterocycles. The SMILES string of the molecule is O=C([C@@H]1COc2ccccc2O1)N(Cc1cccnc1)c1nc2c(Cl)cccc2s1. The Balaban J connectivity index is 1.50. The Kier molecular flexibility index (Phi) is 4.98. The zero-order valence-corrected chi connectivity index (χ0v) is 17.3. The van der Waals surface area contributed by atoms with Gasteiger partial charge in [0, 0.05) is 12.4 Å². The zero-order chi connectivity index (χ0) is 20.5. The van der Waals surface area contributed by atoms with Crippen molar-refractivity contribution in [3.63, 3.8) is 0 Å². The van der Waals surface area contributed by atoms with Gasteiger partial charge in [0.05, 0.1) is 16.3 Å². The van der Waals surface area contributed by atoms with E-state index in [0.29, 0.717) is 33.7 Å². The molecule has 0 saturated carbocycles. The number of fused-ring (bicyclic) bond motifs is 2. The van der Waals surface area contributed by atoms with E-state index in [-0.39, 0.29) is 12.5 Å². The number of aromatic nitrogens is 2. The lowest BCUT2D eigenvalue weighted by atomic mass is 10.2. The minimum atomic E-state index is -0.779. The van der Waals surface area contributed by atoms with Gasteiger partial charge in [-0.1, -0.05) is 47.2 Å². The average molecular weight is 438 g/mol. The van der Waals surface area contributed by atoms with Crippen molar-refractivity contribution in [3.05, 3.63) is 77.6 Å². The van der Waals surface area contributed by atoms with Crippen molar-refractivity contribution in [2.45, 2.75) is 12.6 Å². The van der Waals surface area contributed by atoms with Gasteiger partial charge in [-0.15, -0.1) is 0 Å². The van der Waals surface area contributed by atoms with Gasteiger partial charge in [-0.25, -0.2) is 4.98 Å². The van der Waals surface area contributed by atoms with Crippen LogP contribution < -0.4 is 14.4 Å². The minimum absolute atomic E-state index is 0.130. The number of amides is 1. The first-order chi connectivity index (χ1) is 14.7. The minimum Gasteiger partial charge on any atom is -0.485 e. The first-order valence-corrected chi connectivity index (χ1v) is 10.5. The van der Waals surface area contributed by atoms with E-state index in [4.69, 9.17) is 21.1 Å². The third-order valence-electron chi connectivity index (χ3n) is 4.70. The maximum absolute atomic E-state index is 13.5. The molecule has 1 atom stereocenters. The number of hydrogen-bond donors (Lipinski definition) is 0. The van der Waals surface area contributed by atoms with Gasteiger partial charge in [-0.3, -0.25) is 14.7 Å². The Morgan fingerprint density at radius 3 is 2.80 bits per heavy atom. The molecule has 4 aromatic rings. The number of thiazole rings is 1. The summed E-state index contributed by atoms with van der Waals surface area (Å²) in [6, 6.07) is 16.7. The lowest BCUT2D eigenvalue weighted by Crippen LogP contribution is -2.46. The Hall–Kier alpha value is -3.16. The van der Waals surface area contributed by atoms with Crippen molar-refractivity contribution >= 4 is 44.2 Å². The fourth-order valence-corrected chi connectivity index (χ4v) is 4.52. The van der Waals surface area contributed by atoms with Crippen LogP contribution in [0.1, 0.15) is 5.56 Å². The Morgan fingerprint density at radius 1 is 1.13 bits per heavy atom. The third kappa shape index (κ3) is 3.58. The van der Waals surface area contributed by atoms with Crippen molar-refractivity contribution < 1.29 is 14.3 Å². The number of halogens is 1. The number of rotatable bonds is 4. The smallest absolute Gasteiger partial charge is 0.273 e. The summed E-state index contributed by atoms with van der Waals surface area (Å²) in [5, 5.41) is 1.10. The van der Waals surface area contributed by atoms with Crippen LogP contribution in [0.15, 0.2) is 67.0 Å². The van der Waals surface area contributed by atoms with E-state index in [1.54, 1.807) is 29.4 Å². The third-order valence-corrected chi connectivity index (χ3v) is 6.05. The highest BCUT2D eigenvalue weighted by molar-refractivity contribution is 7.22. The average Bonchev–Trinajstić information content (AvgIpc) is 3.23. The summed E-state index contributed by atoms with van der Waals surface area (Å²) in [6.45, 7) is 0.441. The molecule has 6 nitrogen and oxygen atoms in total. The van der Waals surface area contributed by atoms with Crippen molar-refractivity contribution in [1.82, 2.24) is 9.97 Å². The number of hydrogen-bond acceptors (Lipinski definition) is 6. The number of ether oxygens (including phenoxy) is 2. The molecule has 0 aliphatic carbocycles. The molecule has 0 N–H and O–H groups in total. The molecule has 1 aliphatic rings. The summed E-state index contributed by atoms with van der Waals surface area (Å²) in [5.74, 6) is 0.950. The second-order valence-electron chi connectivity index (χ2n) is 6.73. The van der Waals surface area contributed by atoms with Crippen LogP contribution in [0, 0.1) is 0 Å². The first kappa shape index (κ1) is 18.8. The zero-order valence-electron chi connectivity index (χ0n) is 15.7. The van der Waals surface area contributed by atoms with Gasteiger partial charge in [0.2, 0.25) is 6.10 Å². The predicted octanol–water partition coefficient (Wildman–Crippen LogP) is 4.72. The Labute approximate surface area is 181 Å². The van der Waals surface area contributed by atoms with Gasteiger partial charge in [0.1, 0.15) is 12.1 Å². The summed E-state index contributed by atoms with van der Waals surface area (Å²) in [5.41, 5.74) is 1.56. The largest absolute Gasteiger partial charge is 0.485 e. The number of nitrogens with zero attached hydrogens (tertiary/aromatic N) is 3.